The van der Waals surface area contributed by atoms with Gasteiger partial charge in [0.2, 0.25) is 0 Å². The lowest BCUT2D eigenvalue weighted by Crippen LogP contribution is -2.11. The van der Waals surface area contributed by atoms with Crippen LogP contribution in [0.2, 0.25) is 0 Å². The second kappa shape index (κ2) is 8.24. The van der Waals surface area contributed by atoms with Gasteiger partial charge in [0.15, 0.2) is 0 Å². The quantitative estimate of drug-likeness (QED) is 0.460. The van der Waals surface area contributed by atoms with Crippen molar-refractivity contribution in [3.05, 3.63) is 83.4 Å². The van der Waals surface area contributed by atoms with Gasteiger partial charge in [0, 0.05) is 5.56 Å². The van der Waals surface area contributed by atoms with Crippen molar-refractivity contribution in [3.8, 4) is 23.0 Å². The van der Waals surface area contributed by atoms with Gasteiger partial charge in [0.05, 0.1) is 17.7 Å². The van der Waals surface area contributed by atoms with Crippen LogP contribution in [0.5, 0.6) is 23.0 Å². The highest BCUT2D eigenvalue weighted by Gasteiger charge is 2.14. The Morgan fingerprint density at radius 2 is 1.21 bits per heavy atom. The molecular formula is C21H16O7. The van der Waals surface area contributed by atoms with Crippen molar-refractivity contribution < 1.29 is 34.4 Å². The van der Waals surface area contributed by atoms with Crippen molar-refractivity contribution >= 4 is 11.9 Å². The number of ether oxygens (including phenoxy) is 2. The van der Waals surface area contributed by atoms with Gasteiger partial charge in [0.25, 0.3) is 0 Å². The summed E-state index contributed by atoms with van der Waals surface area (Å²) in [5.41, 5.74) is 0.721. The van der Waals surface area contributed by atoms with Crippen LogP contribution in [0.1, 0.15) is 26.3 Å². The zero-order chi connectivity index (χ0) is 20.1. The third kappa shape index (κ3) is 4.46. The van der Waals surface area contributed by atoms with Gasteiger partial charge in [-0.15, -0.1) is 0 Å². The molecule has 0 unspecified atom stereocenters. The van der Waals surface area contributed by atoms with Gasteiger partial charge in [-0.1, -0.05) is 0 Å². The molecule has 142 valence electrons. The van der Waals surface area contributed by atoms with Crippen molar-refractivity contribution in [2.45, 2.75) is 6.61 Å². The number of rotatable bonds is 5. The molecule has 0 aliphatic carbocycles. The normalized spacial score (nSPS) is 10.3. The number of phenols is 2. The van der Waals surface area contributed by atoms with Gasteiger partial charge < -0.3 is 24.8 Å². The average Bonchev–Trinajstić information content (AvgIpc) is 2.70. The van der Waals surface area contributed by atoms with Gasteiger partial charge in [-0.2, -0.15) is 0 Å². The molecule has 0 spiro atoms. The fraction of sp³-hybridized carbons (Fsp3) is 0.0476. The summed E-state index contributed by atoms with van der Waals surface area (Å²) in [5, 5.41) is 28.1. The number of aromatic hydroxyl groups is 2. The van der Waals surface area contributed by atoms with E-state index in [9.17, 15) is 24.9 Å². The van der Waals surface area contributed by atoms with Gasteiger partial charge in [-0.25, -0.2) is 9.59 Å². The summed E-state index contributed by atoms with van der Waals surface area (Å²) in [6, 6.07) is 15.3. The molecule has 0 saturated carbocycles. The van der Waals surface area contributed by atoms with Gasteiger partial charge >= 0.3 is 11.9 Å². The summed E-state index contributed by atoms with van der Waals surface area (Å²) in [5.74, 6) is -0.982. The monoisotopic (exact) mass is 380 g/mol. The molecule has 0 aliphatic heterocycles. The number of hydrogen-bond acceptors (Lipinski definition) is 7. The van der Waals surface area contributed by atoms with Crippen molar-refractivity contribution in [1.29, 1.82) is 0 Å². The number of esters is 2. The Bertz CT molecular complexity index is 992. The molecule has 0 aliphatic rings. The predicted molar refractivity (Wildman–Crippen MR) is 98.5 cm³/mol. The number of phenolic OH excluding ortho intramolecular Hbond substituents is 2. The van der Waals surface area contributed by atoms with Crippen LogP contribution in [-0.4, -0.2) is 27.3 Å². The van der Waals surface area contributed by atoms with E-state index in [0.717, 1.165) is 0 Å². The van der Waals surface area contributed by atoms with Crippen LogP contribution in [0, 0.1) is 0 Å². The smallest absolute Gasteiger partial charge is 0.343 e. The number of benzene rings is 3. The lowest BCUT2D eigenvalue weighted by molar-refractivity contribution is 0.0716. The number of hydrogen-bond donors (Lipinski definition) is 3. The topological polar surface area (TPSA) is 113 Å². The Morgan fingerprint density at radius 3 is 1.71 bits per heavy atom. The van der Waals surface area contributed by atoms with E-state index < -0.39 is 18.5 Å². The van der Waals surface area contributed by atoms with Crippen LogP contribution in [0.4, 0.5) is 0 Å². The molecule has 0 fully saturated rings. The molecule has 3 aromatic carbocycles. The highest BCUT2D eigenvalue weighted by Crippen LogP contribution is 2.26. The van der Waals surface area contributed by atoms with E-state index in [-0.39, 0.29) is 39.7 Å². The Kier molecular flexibility index (Phi) is 5.57. The van der Waals surface area contributed by atoms with Crippen LogP contribution in [0.15, 0.2) is 66.7 Å². The van der Waals surface area contributed by atoms with Crippen LogP contribution in [-0.2, 0) is 6.61 Å². The Morgan fingerprint density at radius 1 is 0.714 bits per heavy atom. The summed E-state index contributed by atoms with van der Waals surface area (Å²) in [6.45, 7) is -0.442. The summed E-state index contributed by atoms with van der Waals surface area (Å²) in [7, 11) is 0. The highest BCUT2D eigenvalue weighted by atomic mass is 16.5. The van der Waals surface area contributed by atoms with E-state index in [1.165, 1.54) is 66.7 Å². The SMILES string of the molecule is O=C(Oc1ccc(OC(=O)c2ccc(O)cc2)c(CO)c1)c1ccc(O)cc1. The van der Waals surface area contributed by atoms with E-state index in [2.05, 4.69) is 0 Å². The third-order valence-corrected chi connectivity index (χ3v) is 3.82. The van der Waals surface area contributed by atoms with E-state index in [0.29, 0.717) is 0 Å². The standard InChI is InChI=1S/C21H16O7/c22-12-15-11-18(27-20(25)13-1-5-16(23)6-2-13)9-10-19(15)28-21(26)14-3-7-17(24)8-4-14/h1-11,22-24H,12H2. The summed E-state index contributed by atoms with van der Waals surface area (Å²) >= 11 is 0. The molecule has 3 aromatic rings. The van der Waals surface area contributed by atoms with E-state index in [1.807, 2.05) is 0 Å². The number of aliphatic hydroxyl groups excluding tert-OH is 1. The number of carbonyl (C=O) groups is 2. The third-order valence-electron chi connectivity index (χ3n) is 3.82. The molecule has 0 amide bonds. The molecule has 0 heterocycles. The Hall–Kier alpha value is -3.84. The summed E-state index contributed by atoms with van der Waals surface area (Å²) in [4.78, 5) is 24.3. The Labute approximate surface area is 160 Å². The number of aliphatic hydroxyl groups is 1. The lowest BCUT2D eigenvalue weighted by Gasteiger charge is -2.11. The molecule has 0 radical (unpaired) electrons. The fourth-order valence-corrected chi connectivity index (χ4v) is 2.36. The van der Waals surface area contributed by atoms with Crippen LogP contribution >= 0.6 is 0 Å². The van der Waals surface area contributed by atoms with Gasteiger partial charge in [-0.05, 0) is 66.7 Å². The van der Waals surface area contributed by atoms with Gasteiger partial charge in [0.1, 0.15) is 23.0 Å². The summed E-state index contributed by atoms with van der Waals surface area (Å²) in [6.07, 6.45) is 0. The largest absolute Gasteiger partial charge is 0.508 e. The molecule has 0 aromatic heterocycles. The van der Waals surface area contributed by atoms with E-state index >= 15 is 0 Å². The second-order valence-electron chi connectivity index (χ2n) is 5.80. The van der Waals surface area contributed by atoms with E-state index in [1.54, 1.807) is 0 Å². The molecule has 7 heteroatoms. The summed E-state index contributed by atoms with van der Waals surface area (Å²) < 4.78 is 10.5. The highest BCUT2D eigenvalue weighted by molar-refractivity contribution is 5.92. The maximum absolute atomic E-state index is 12.2. The first-order valence-corrected chi connectivity index (χ1v) is 8.22. The number of carbonyl (C=O) groups excluding carboxylic acids is 2. The molecule has 3 rings (SSSR count). The van der Waals surface area contributed by atoms with Crippen molar-refractivity contribution in [2.75, 3.05) is 0 Å². The van der Waals surface area contributed by atoms with Crippen molar-refractivity contribution in [3.63, 3.8) is 0 Å². The van der Waals surface area contributed by atoms with Crippen molar-refractivity contribution in [2.24, 2.45) is 0 Å². The second-order valence-corrected chi connectivity index (χ2v) is 5.80. The van der Waals surface area contributed by atoms with Crippen molar-refractivity contribution in [1.82, 2.24) is 0 Å². The van der Waals surface area contributed by atoms with Crippen LogP contribution < -0.4 is 9.47 Å². The maximum atomic E-state index is 12.2. The fourth-order valence-electron chi connectivity index (χ4n) is 2.36. The first kappa shape index (κ1) is 18.9. The molecule has 7 nitrogen and oxygen atoms in total. The molecule has 3 N–H and O–H groups in total. The maximum Gasteiger partial charge on any atom is 0.343 e. The molecule has 0 bridgehead atoms. The van der Waals surface area contributed by atoms with Crippen LogP contribution in [0.3, 0.4) is 0 Å². The lowest BCUT2D eigenvalue weighted by atomic mass is 10.2. The zero-order valence-electron chi connectivity index (χ0n) is 14.5. The minimum atomic E-state index is -0.663. The van der Waals surface area contributed by atoms with Gasteiger partial charge in [-0.3, -0.25) is 0 Å². The molecule has 28 heavy (non-hydrogen) atoms. The molecule has 0 atom stereocenters. The minimum absolute atomic E-state index is 0.0207. The van der Waals surface area contributed by atoms with E-state index in [4.69, 9.17) is 9.47 Å². The molecule has 0 saturated heterocycles. The Balaban J connectivity index is 1.74. The molecular weight excluding hydrogens is 364 g/mol. The minimum Gasteiger partial charge on any atom is -0.508 e. The average molecular weight is 380 g/mol. The first-order valence-electron chi connectivity index (χ1n) is 8.22. The zero-order valence-corrected chi connectivity index (χ0v) is 14.5. The predicted octanol–water partition coefficient (Wildman–Crippen LogP) is 3.03. The first-order chi connectivity index (χ1) is 13.5. The van der Waals surface area contributed by atoms with Crippen LogP contribution in [0.25, 0.3) is 0 Å².